The first-order chi connectivity index (χ1) is 12.8. The van der Waals surface area contributed by atoms with Gasteiger partial charge < -0.3 is 0 Å². The van der Waals surface area contributed by atoms with E-state index in [0.29, 0.717) is 42.2 Å². The number of aryl methyl sites for hydroxylation is 1. The molecule has 4 rings (SSSR count). The second-order valence-corrected chi connectivity index (χ2v) is 5.96. The molecule has 0 radical (unpaired) electrons. The van der Waals surface area contributed by atoms with Crippen LogP contribution < -0.4 is 0 Å². The zero-order valence-electron chi connectivity index (χ0n) is 13.9. The molecule has 130 valence electrons. The molecule has 0 N–H and O–H groups in total. The van der Waals surface area contributed by atoms with E-state index in [0.717, 1.165) is 6.42 Å². The predicted molar refractivity (Wildman–Crippen MR) is 92.1 cm³/mol. The Balaban J connectivity index is 1.35. The third-order valence-electron chi connectivity index (χ3n) is 4.31. The van der Waals surface area contributed by atoms with Gasteiger partial charge in [-0.15, -0.1) is 5.10 Å². The largest absolute Gasteiger partial charge is 0.274 e. The molecule has 1 aliphatic rings. The topological polar surface area (TPSA) is 93.9 Å². The molecule has 2 aromatic heterocycles. The minimum atomic E-state index is -0.220. The van der Waals surface area contributed by atoms with Crippen molar-refractivity contribution in [3.8, 4) is 11.5 Å². The zero-order valence-corrected chi connectivity index (χ0v) is 13.9. The second kappa shape index (κ2) is 6.83. The van der Waals surface area contributed by atoms with E-state index in [1.807, 2.05) is 18.2 Å². The number of hydrogen-bond donors (Lipinski definition) is 0. The van der Waals surface area contributed by atoms with E-state index >= 15 is 0 Å². The van der Waals surface area contributed by atoms with Crippen molar-refractivity contribution < 1.29 is 9.59 Å². The summed E-state index contributed by atoms with van der Waals surface area (Å²) in [5.74, 6) is 0.163. The minimum absolute atomic E-state index is 0.220. The Kier molecular flexibility index (Phi) is 4.22. The first kappa shape index (κ1) is 16.1. The SMILES string of the molecule is O=C1c2ccccc2C(=O)N1CCCCn1nnnc1-c1ccccn1. The van der Waals surface area contributed by atoms with E-state index < -0.39 is 0 Å². The summed E-state index contributed by atoms with van der Waals surface area (Å²) in [6.07, 6.45) is 3.10. The molecule has 0 aliphatic carbocycles. The van der Waals surface area contributed by atoms with E-state index in [-0.39, 0.29) is 11.8 Å². The number of tetrazole rings is 1. The van der Waals surface area contributed by atoms with Crippen LogP contribution in [0.4, 0.5) is 0 Å². The van der Waals surface area contributed by atoms with Gasteiger partial charge in [0.15, 0.2) is 0 Å². The van der Waals surface area contributed by atoms with Crippen molar-refractivity contribution in [1.82, 2.24) is 30.1 Å². The highest BCUT2D eigenvalue weighted by Crippen LogP contribution is 2.22. The van der Waals surface area contributed by atoms with Crippen LogP contribution >= 0.6 is 0 Å². The average molecular weight is 348 g/mol. The number of benzene rings is 1. The van der Waals surface area contributed by atoms with Gasteiger partial charge in [-0.3, -0.25) is 19.5 Å². The number of amides is 2. The fraction of sp³-hybridized carbons (Fsp3) is 0.222. The van der Waals surface area contributed by atoms with Crippen LogP contribution in [0.1, 0.15) is 33.6 Å². The minimum Gasteiger partial charge on any atom is -0.274 e. The van der Waals surface area contributed by atoms with Gasteiger partial charge in [0, 0.05) is 19.3 Å². The zero-order chi connectivity index (χ0) is 17.9. The highest BCUT2D eigenvalue weighted by molar-refractivity contribution is 6.21. The summed E-state index contributed by atoms with van der Waals surface area (Å²) in [5, 5.41) is 11.7. The average Bonchev–Trinajstić information content (AvgIpc) is 3.24. The molecular formula is C18H16N6O2. The van der Waals surface area contributed by atoms with Crippen LogP contribution in [0.2, 0.25) is 0 Å². The molecule has 3 heterocycles. The van der Waals surface area contributed by atoms with E-state index in [1.54, 1.807) is 35.1 Å². The van der Waals surface area contributed by atoms with Gasteiger partial charge in [-0.05, 0) is 47.5 Å². The van der Waals surface area contributed by atoms with Crippen molar-refractivity contribution in [1.29, 1.82) is 0 Å². The van der Waals surface area contributed by atoms with Crippen LogP contribution in [0.3, 0.4) is 0 Å². The van der Waals surface area contributed by atoms with Crippen molar-refractivity contribution in [2.45, 2.75) is 19.4 Å². The normalized spacial score (nSPS) is 13.3. The number of carbonyl (C=O) groups is 2. The van der Waals surface area contributed by atoms with E-state index in [1.165, 1.54) is 4.90 Å². The molecule has 0 spiro atoms. The van der Waals surface area contributed by atoms with Crippen molar-refractivity contribution in [3.05, 3.63) is 59.8 Å². The highest BCUT2D eigenvalue weighted by atomic mass is 16.2. The molecule has 0 bridgehead atoms. The first-order valence-electron chi connectivity index (χ1n) is 8.38. The van der Waals surface area contributed by atoms with E-state index in [4.69, 9.17) is 0 Å². The molecule has 1 aromatic carbocycles. The lowest BCUT2D eigenvalue weighted by Crippen LogP contribution is -2.30. The Hall–Kier alpha value is -3.42. The number of carbonyl (C=O) groups excluding carboxylic acids is 2. The van der Waals surface area contributed by atoms with Gasteiger partial charge >= 0.3 is 0 Å². The molecule has 0 saturated heterocycles. The summed E-state index contributed by atoms with van der Waals surface area (Å²) in [7, 11) is 0. The van der Waals surface area contributed by atoms with Crippen molar-refractivity contribution in [3.63, 3.8) is 0 Å². The first-order valence-corrected chi connectivity index (χ1v) is 8.38. The number of hydrogen-bond acceptors (Lipinski definition) is 6. The van der Waals surface area contributed by atoms with Crippen molar-refractivity contribution >= 4 is 11.8 Å². The van der Waals surface area contributed by atoms with Gasteiger partial charge in [0.05, 0.1) is 11.1 Å². The Morgan fingerprint density at radius 3 is 2.23 bits per heavy atom. The van der Waals surface area contributed by atoms with E-state index in [9.17, 15) is 9.59 Å². The number of unbranched alkanes of at least 4 members (excludes halogenated alkanes) is 1. The molecule has 3 aromatic rings. The highest BCUT2D eigenvalue weighted by Gasteiger charge is 2.34. The monoisotopic (exact) mass is 348 g/mol. The van der Waals surface area contributed by atoms with Crippen LogP contribution in [0, 0.1) is 0 Å². The molecular weight excluding hydrogens is 332 g/mol. The molecule has 2 amide bonds. The van der Waals surface area contributed by atoms with Gasteiger partial charge in [0.1, 0.15) is 5.69 Å². The number of fused-ring (bicyclic) bond motifs is 1. The lowest BCUT2D eigenvalue weighted by Gasteiger charge is -2.13. The third-order valence-corrected chi connectivity index (χ3v) is 4.31. The Bertz CT molecular complexity index is 918. The number of pyridine rings is 1. The smallest absolute Gasteiger partial charge is 0.261 e. The second-order valence-electron chi connectivity index (χ2n) is 5.96. The molecule has 0 fully saturated rings. The van der Waals surface area contributed by atoms with Gasteiger partial charge in [0.25, 0.3) is 11.8 Å². The van der Waals surface area contributed by atoms with Gasteiger partial charge in [-0.25, -0.2) is 4.68 Å². The number of imide groups is 1. The van der Waals surface area contributed by atoms with Crippen LogP contribution in [0.5, 0.6) is 0 Å². The number of rotatable bonds is 6. The van der Waals surface area contributed by atoms with Gasteiger partial charge in [-0.1, -0.05) is 18.2 Å². The molecule has 0 atom stereocenters. The summed E-state index contributed by atoms with van der Waals surface area (Å²) >= 11 is 0. The van der Waals surface area contributed by atoms with Crippen LogP contribution in [-0.4, -0.2) is 48.5 Å². The maximum atomic E-state index is 12.3. The fourth-order valence-corrected chi connectivity index (χ4v) is 3.01. The van der Waals surface area contributed by atoms with Crippen LogP contribution in [0.15, 0.2) is 48.7 Å². The Morgan fingerprint density at radius 2 is 1.54 bits per heavy atom. The summed E-state index contributed by atoms with van der Waals surface area (Å²) in [5.41, 5.74) is 1.67. The lowest BCUT2D eigenvalue weighted by atomic mass is 10.1. The van der Waals surface area contributed by atoms with Gasteiger partial charge in [0.2, 0.25) is 5.82 Å². The molecule has 0 unspecified atom stereocenters. The summed E-state index contributed by atoms with van der Waals surface area (Å²) < 4.78 is 1.69. The lowest BCUT2D eigenvalue weighted by molar-refractivity contribution is 0.0651. The Morgan fingerprint density at radius 1 is 0.846 bits per heavy atom. The fourth-order valence-electron chi connectivity index (χ4n) is 3.01. The van der Waals surface area contributed by atoms with Gasteiger partial charge in [-0.2, -0.15) is 0 Å². The van der Waals surface area contributed by atoms with E-state index in [2.05, 4.69) is 20.5 Å². The molecule has 8 heteroatoms. The van der Waals surface area contributed by atoms with Crippen LogP contribution in [0.25, 0.3) is 11.5 Å². The maximum absolute atomic E-state index is 12.3. The Labute approximate surface area is 149 Å². The number of aromatic nitrogens is 5. The molecule has 1 aliphatic heterocycles. The predicted octanol–water partition coefficient (Wildman–Crippen LogP) is 1.81. The summed E-state index contributed by atoms with van der Waals surface area (Å²) in [4.78, 5) is 30.2. The number of nitrogens with zero attached hydrogens (tertiary/aromatic N) is 6. The van der Waals surface area contributed by atoms with Crippen molar-refractivity contribution in [2.75, 3.05) is 6.54 Å². The molecule has 26 heavy (non-hydrogen) atoms. The summed E-state index contributed by atoms with van der Waals surface area (Å²) in [6, 6.07) is 12.5. The quantitative estimate of drug-likeness (QED) is 0.498. The standard InChI is InChI=1S/C18H16N6O2/c25-17-13-7-1-2-8-14(13)18(26)23(17)11-5-6-12-24-16(20-21-22-24)15-9-3-4-10-19-15/h1-4,7-10H,5-6,11-12H2. The van der Waals surface area contributed by atoms with Crippen molar-refractivity contribution in [2.24, 2.45) is 0 Å². The van der Waals surface area contributed by atoms with Crippen LogP contribution in [-0.2, 0) is 6.54 Å². The maximum Gasteiger partial charge on any atom is 0.261 e. The molecule has 0 saturated carbocycles. The molecule has 8 nitrogen and oxygen atoms in total. The third kappa shape index (κ3) is 2.85. The summed E-state index contributed by atoms with van der Waals surface area (Å²) in [6.45, 7) is 0.968.